The summed E-state index contributed by atoms with van der Waals surface area (Å²) in [7, 11) is 0. The second-order valence-corrected chi connectivity index (χ2v) is 12.5. The van der Waals surface area contributed by atoms with E-state index in [0.29, 0.717) is 5.41 Å². The van der Waals surface area contributed by atoms with Crippen molar-refractivity contribution in [2.75, 3.05) is 0 Å². The van der Waals surface area contributed by atoms with Crippen LogP contribution in [0.4, 0.5) is 0 Å². The quantitative estimate of drug-likeness (QED) is 0.573. The van der Waals surface area contributed by atoms with Crippen molar-refractivity contribution in [3.63, 3.8) is 0 Å². The summed E-state index contributed by atoms with van der Waals surface area (Å²) in [6.07, 6.45) is 9.66. The largest absolute Gasteiger partial charge is 0.262 e. The average molecular weight is 260 g/mol. The topological polar surface area (TPSA) is 0 Å². The Labute approximate surface area is 117 Å². The Morgan fingerprint density at radius 1 is 1.11 bits per heavy atom. The van der Waals surface area contributed by atoms with Crippen LogP contribution in [0.15, 0.2) is 0 Å². The molecule has 0 radical (unpaired) electrons. The summed E-state index contributed by atoms with van der Waals surface area (Å²) in [5.74, 6) is 2.21. The Balaban J connectivity index is 1.56. The monoisotopic (exact) mass is 260 g/mol. The highest BCUT2D eigenvalue weighted by Gasteiger charge is 2.71. The van der Waals surface area contributed by atoms with Crippen molar-refractivity contribution >= 4 is 14.1 Å². The second kappa shape index (κ2) is 3.59. The highest BCUT2D eigenvalue weighted by molar-refractivity contribution is 6.59. The Hall–Kier alpha value is 0.532. The number of rotatable bonds is 1. The second-order valence-electron chi connectivity index (χ2n) is 8.96. The van der Waals surface area contributed by atoms with Gasteiger partial charge in [-0.1, -0.05) is 43.0 Å². The highest BCUT2D eigenvalue weighted by Crippen LogP contribution is 2.79. The lowest BCUT2D eigenvalue weighted by Gasteiger charge is -2.65. The molecule has 1 heteroatoms. The Kier molecular flexibility index (Phi) is 2.45. The maximum atomic E-state index is 2.63. The van der Waals surface area contributed by atoms with Crippen LogP contribution in [-0.4, -0.2) is 14.1 Å². The van der Waals surface area contributed by atoms with E-state index in [9.17, 15) is 0 Å². The molecule has 0 nitrogen and oxygen atoms in total. The molecule has 1 aliphatic heterocycles. The smallest absolute Gasteiger partial charge is 0.0967 e. The van der Waals surface area contributed by atoms with E-state index in [1.165, 1.54) is 0 Å². The molecule has 18 heavy (non-hydrogen) atoms. The lowest BCUT2D eigenvalue weighted by Crippen LogP contribution is -2.56. The zero-order chi connectivity index (χ0) is 12.6. The average Bonchev–Trinajstić information content (AvgIpc) is 2.96. The Bertz CT molecular complexity index is 364. The lowest BCUT2D eigenvalue weighted by atomic mass is 9.40. The van der Waals surface area contributed by atoms with Gasteiger partial charge in [0.2, 0.25) is 0 Å². The predicted molar refractivity (Wildman–Crippen MR) is 79.2 cm³/mol. The van der Waals surface area contributed by atoms with Gasteiger partial charge in [-0.25, -0.2) is 0 Å². The van der Waals surface area contributed by atoms with E-state index in [2.05, 4.69) is 20.8 Å². The molecule has 3 saturated carbocycles. The molecule has 4 fully saturated rings. The van der Waals surface area contributed by atoms with E-state index in [-0.39, 0.29) is 14.1 Å². The zero-order valence-corrected chi connectivity index (χ0v) is 13.8. The van der Waals surface area contributed by atoms with Crippen LogP contribution in [0.1, 0.15) is 59.3 Å². The summed E-state index contributed by atoms with van der Waals surface area (Å²) < 4.78 is 0. The molecule has 4 aliphatic rings. The van der Waals surface area contributed by atoms with E-state index in [0.717, 1.165) is 22.7 Å². The molecule has 100 valence electrons. The minimum absolute atomic E-state index is 0.272. The molecule has 0 aromatic carbocycles. The van der Waals surface area contributed by atoms with Gasteiger partial charge in [0.05, 0.1) is 0 Å². The summed E-state index contributed by atoms with van der Waals surface area (Å²) in [5, 5.41) is 4.98. The van der Waals surface area contributed by atoms with Crippen molar-refractivity contribution in [3.8, 4) is 0 Å². The first-order chi connectivity index (χ1) is 8.51. The Morgan fingerprint density at radius 3 is 2.39 bits per heavy atom. The molecule has 1 saturated heterocycles. The van der Waals surface area contributed by atoms with E-state index in [4.69, 9.17) is 0 Å². The van der Waals surface area contributed by atoms with Gasteiger partial charge in [0.25, 0.3) is 14.1 Å². The van der Waals surface area contributed by atoms with Gasteiger partial charge < -0.3 is 0 Å². The molecular formula is C17H29Al. The minimum Gasteiger partial charge on any atom is -0.0967 e. The first-order valence-electron chi connectivity index (χ1n) is 8.51. The minimum atomic E-state index is -0.272. The fourth-order valence-electron chi connectivity index (χ4n) is 7.10. The van der Waals surface area contributed by atoms with Crippen LogP contribution >= 0.6 is 0 Å². The first kappa shape index (κ1) is 12.3. The summed E-state index contributed by atoms with van der Waals surface area (Å²) in [6, 6.07) is 0. The third kappa shape index (κ3) is 1.29. The van der Waals surface area contributed by atoms with E-state index in [1.54, 1.807) is 54.4 Å². The fourth-order valence-corrected chi connectivity index (χ4v) is 10.7. The summed E-state index contributed by atoms with van der Waals surface area (Å²) in [4.78, 5) is 0. The number of hydrogen-bond donors (Lipinski definition) is 0. The van der Waals surface area contributed by atoms with E-state index < -0.39 is 0 Å². The molecule has 2 spiro atoms. The molecule has 0 N–H and O–H groups in total. The van der Waals surface area contributed by atoms with Crippen LogP contribution in [0.25, 0.3) is 0 Å². The van der Waals surface area contributed by atoms with Crippen molar-refractivity contribution < 1.29 is 0 Å². The first-order valence-corrected chi connectivity index (χ1v) is 11.0. The van der Waals surface area contributed by atoms with E-state index >= 15 is 0 Å². The summed E-state index contributed by atoms with van der Waals surface area (Å²) in [6.45, 7) is 7.73. The lowest BCUT2D eigenvalue weighted by molar-refractivity contribution is -0.145. The van der Waals surface area contributed by atoms with Gasteiger partial charge >= 0.3 is 0 Å². The maximum Gasteiger partial charge on any atom is 0.262 e. The van der Waals surface area contributed by atoms with Gasteiger partial charge in [-0.15, -0.1) is 0 Å². The van der Waals surface area contributed by atoms with Crippen LogP contribution in [-0.2, 0) is 0 Å². The third-order valence-corrected chi connectivity index (χ3v) is 12.0. The molecule has 0 aromatic rings. The van der Waals surface area contributed by atoms with Crippen LogP contribution in [0, 0.1) is 28.1 Å². The third-order valence-electron chi connectivity index (χ3n) is 8.28. The van der Waals surface area contributed by atoms with Crippen LogP contribution in [0.5, 0.6) is 0 Å². The van der Waals surface area contributed by atoms with Gasteiger partial charge in [0.1, 0.15) is 0 Å². The molecule has 0 amide bonds. The summed E-state index contributed by atoms with van der Waals surface area (Å²) in [5.41, 5.74) is 2.38. The normalized spacial score (nSPS) is 52.5. The van der Waals surface area contributed by atoms with E-state index in [1.807, 2.05) is 0 Å². The van der Waals surface area contributed by atoms with Crippen LogP contribution < -0.4 is 0 Å². The van der Waals surface area contributed by atoms with Crippen LogP contribution in [0.3, 0.4) is 0 Å². The molecule has 2 atom stereocenters. The van der Waals surface area contributed by atoms with Gasteiger partial charge in [0, 0.05) is 0 Å². The number of hydrogen-bond acceptors (Lipinski definition) is 0. The van der Waals surface area contributed by atoms with Crippen LogP contribution in [0.2, 0.25) is 15.8 Å². The molecule has 4 rings (SSSR count). The zero-order valence-electron chi connectivity index (χ0n) is 12.6. The van der Waals surface area contributed by atoms with Gasteiger partial charge in [-0.05, 0) is 60.2 Å². The predicted octanol–water partition coefficient (Wildman–Crippen LogP) is 5.13. The molecule has 0 aromatic heterocycles. The maximum absolute atomic E-state index is 2.63. The highest BCUT2D eigenvalue weighted by atomic mass is 27.2. The Morgan fingerprint density at radius 2 is 1.83 bits per heavy atom. The van der Waals surface area contributed by atoms with Gasteiger partial charge in [-0.3, -0.25) is 0 Å². The molecule has 2 bridgehead atoms. The molecule has 1 heterocycles. The van der Waals surface area contributed by atoms with Gasteiger partial charge in [0.15, 0.2) is 0 Å². The molecular weight excluding hydrogens is 231 g/mol. The van der Waals surface area contributed by atoms with Crippen molar-refractivity contribution in [3.05, 3.63) is 0 Å². The number of fused-ring (bicyclic) bond motifs is 3. The SMILES string of the molecule is C[CH2][Al]1[CH2]CC2([CH2]1)CC1(C2)C2CCC(C2)C1(C)C. The molecule has 3 aliphatic carbocycles. The van der Waals surface area contributed by atoms with Crippen molar-refractivity contribution in [1.82, 2.24) is 0 Å². The van der Waals surface area contributed by atoms with Gasteiger partial charge in [-0.2, -0.15) is 0 Å². The summed E-state index contributed by atoms with van der Waals surface area (Å²) >= 11 is -0.272. The molecule has 2 unspecified atom stereocenters. The van der Waals surface area contributed by atoms with Crippen molar-refractivity contribution in [2.24, 2.45) is 28.1 Å². The van der Waals surface area contributed by atoms with Crippen molar-refractivity contribution in [2.45, 2.75) is 75.1 Å². The van der Waals surface area contributed by atoms with Crippen molar-refractivity contribution in [1.29, 1.82) is 0 Å². The standard InChI is InChI=1S/C15H24.C2H5.Al/c1-5-14(4)9-15(10-14)12-7-6-11(8-12)13(15,2)3;1-2;/h11-12H,1,4-10H2,2-3H3;1H2,2H3;. The fraction of sp³-hybridized carbons (Fsp3) is 1.00.